The number of amides is 1. The zero-order valence-electron chi connectivity index (χ0n) is 16.8. The molecule has 0 unspecified atom stereocenters. The number of carbonyl (C=O) groups excluding carboxylic acids is 1. The van der Waals surface area contributed by atoms with Crippen LogP contribution in [-0.2, 0) is 11.0 Å². The molecule has 1 heterocycles. The van der Waals surface area contributed by atoms with Gasteiger partial charge in [0.1, 0.15) is 11.5 Å². The van der Waals surface area contributed by atoms with Crippen LogP contribution in [0, 0.1) is 0 Å². The molecule has 0 radical (unpaired) electrons. The summed E-state index contributed by atoms with van der Waals surface area (Å²) in [5.41, 5.74) is 0.981. The lowest BCUT2D eigenvalue weighted by atomic mass is 9.99. The number of methoxy groups -OCH3 is 1. The number of anilines is 1. The van der Waals surface area contributed by atoms with Gasteiger partial charge in [-0.2, -0.15) is 13.2 Å². The Morgan fingerprint density at radius 1 is 1.13 bits per heavy atom. The Kier molecular flexibility index (Phi) is 5.59. The second-order valence-electron chi connectivity index (χ2n) is 7.21. The summed E-state index contributed by atoms with van der Waals surface area (Å²) in [6, 6.07) is 14.5. The molecule has 0 saturated carbocycles. The molecule has 160 valence electrons. The predicted octanol–water partition coefficient (Wildman–Crippen LogP) is 6.06. The third-order valence-corrected chi connectivity index (χ3v) is 5.16. The fraction of sp³-hybridized carbons (Fsp3) is 0.208. The third kappa shape index (κ3) is 4.50. The van der Waals surface area contributed by atoms with Gasteiger partial charge >= 0.3 is 6.18 Å². The first-order chi connectivity index (χ1) is 14.8. The number of fused-ring (bicyclic) bond motifs is 2. The van der Waals surface area contributed by atoms with Crippen LogP contribution in [0.4, 0.5) is 18.9 Å². The van der Waals surface area contributed by atoms with Gasteiger partial charge in [-0.15, -0.1) is 0 Å². The van der Waals surface area contributed by atoms with Crippen LogP contribution < -0.4 is 14.8 Å². The van der Waals surface area contributed by atoms with Crippen molar-refractivity contribution in [2.24, 2.45) is 0 Å². The van der Waals surface area contributed by atoms with E-state index in [9.17, 15) is 18.0 Å². The molecule has 1 aliphatic rings. The van der Waals surface area contributed by atoms with Crippen molar-refractivity contribution < 1.29 is 27.4 Å². The van der Waals surface area contributed by atoms with E-state index < -0.39 is 11.7 Å². The zero-order valence-corrected chi connectivity index (χ0v) is 16.8. The molecule has 3 aromatic carbocycles. The fourth-order valence-electron chi connectivity index (χ4n) is 3.63. The average Bonchev–Trinajstić information content (AvgIpc) is 2.94. The number of hydrogen-bond acceptors (Lipinski definition) is 3. The number of halogens is 3. The van der Waals surface area contributed by atoms with E-state index in [0.717, 1.165) is 22.9 Å². The number of benzene rings is 3. The first-order valence-corrected chi connectivity index (χ1v) is 9.78. The van der Waals surface area contributed by atoms with E-state index in [1.807, 2.05) is 30.3 Å². The van der Waals surface area contributed by atoms with E-state index in [1.165, 1.54) is 12.1 Å². The van der Waals surface area contributed by atoms with Gasteiger partial charge in [0.15, 0.2) is 0 Å². The lowest BCUT2D eigenvalue weighted by Gasteiger charge is -2.13. The van der Waals surface area contributed by atoms with Crippen molar-refractivity contribution in [1.82, 2.24) is 0 Å². The van der Waals surface area contributed by atoms with Crippen molar-refractivity contribution in [2.45, 2.75) is 19.0 Å². The zero-order chi connectivity index (χ0) is 22.0. The van der Waals surface area contributed by atoms with Gasteiger partial charge in [0.05, 0.1) is 19.3 Å². The Morgan fingerprint density at radius 3 is 2.74 bits per heavy atom. The molecule has 0 spiro atoms. The molecule has 7 heteroatoms. The van der Waals surface area contributed by atoms with Crippen molar-refractivity contribution in [3.05, 3.63) is 71.8 Å². The van der Waals surface area contributed by atoms with E-state index in [2.05, 4.69) is 5.32 Å². The molecule has 1 N–H and O–H groups in total. The van der Waals surface area contributed by atoms with Gasteiger partial charge in [0.2, 0.25) is 5.91 Å². The maximum Gasteiger partial charge on any atom is 0.416 e. The number of rotatable bonds is 3. The van der Waals surface area contributed by atoms with Crippen LogP contribution >= 0.6 is 0 Å². The maximum atomic E-state index is 13.0. The highest BCUT2D eigenvalue weighted by atomic mass is 19.4. The molecular weight excluding hydrogens is 407 g/mol. The Balaban J connectivity index is 1.65. The maximum absolute atomic E-state index is 13.0. The van der Waals surface area contributed by atoms with Gasteiger partial charge in [0, 0.05) is 22.7 Å². The number of nitrogens with one attached hydrogen (secondary N) is 1. The van der Waals surface area contributed by atoms with Crippen molar-refractivity contribution in [3.8, 4) is 11.5 Å². The van der Waals surface area contributed by atoms with Crippen molar-refractivity contribution in [2.75, 3.05) is 19.0 Å². The van der Waals surface area contributed by atoms with Gasteiger partial charge in [-0.25, -0.2) is 0 Å². The minimum absolute atomic E-state index is 0.140. The van der Waals surface area contributed by atoms with Gasteiger partial charge in [0.25, 0.3) is 0 Å². The quantitative estimate of drug-likeness (QED) is 0.517. The second-order valence-corrected chi connectivity index (χ2v) is 7.21. The lowest BCUT2D eigenvalue weighted by molar-refractivity contribution is -0.137. The fourth-order valence-corrected chi connectivity index (χ4v) is 3.63. The highest BCUT2D eigenvalue weighted by molar-refractivity contribution is 6.09. The number of hydrogen-bond donors (Lipinski definition) is 1. The largest absolute Gasteiger partial charge is 0.497 e. The molecule has 0 bridgehead atoms. The van der Waals surface area contributed by atoms with Crippen LogP contribution in [-0.4, -0.2) is 19.6 Å². The number of alkyl halides is 3. The molecule has 3 aromatic rings. The standard InChI is InChI=1S/C24H20F3NO3/c1-30-18-9-7-15-4-2-6-21(20(15)14-18)28-23(29)12-16-5-3-11-31-22-13-17(24(25,26)27)8-10-19(16)22/h2,4,6-10,12-14H,3,5,11H2,1H3,(H,28,29)/b16-12+. The van der Waals surface area contributed by atoms with E-state index >= 15 is 0 Å². The van der Waals surface area contributed by atoms with Crippen LogP contribution in [0.2, 0.25) is 0 Å². The Bertz CT molecular complexity index is 1170. The molecule has 0 fully saturated rings. The summed E-state index contributed by atoms with van der Waals surface area (Å²) in [5, 5.41) is 4.65. The summed E-state index contributed by atoms with van der Waals surface area (Å²) in [4.78, 5) is 12.8. The first kappa shape index (κ1) is 20.8. The first-order valence-electron chi connectivity index (χ1n) is 9.78. The Hall–Kier alpha value is -3.48. The minimum atomic E-state index is -4.46. The topological polar surface area (TPSA) is 47.6 Å². The molecular formula is C24H20F3NO3. The monoisotopic (exact) mass is 427 g/mol. The van der Waals surface area contributed by atoms with Crippen LogP contribution in [0.15, 0.2) is 60.7 Å². The van der Waals surface area contributed by atoms with Gasteiger partial charge in [-0.3, -0.25) is 4.79 Å². The van der Waals surface area contributed by atoms with Crippen molar-refractivity contribution in [1.29, 1.82) is 0 Å². The molecule has 4 nitrogen and oxygen atoms in total. The SMILES string of the molecule is COc1ccc2cccc(NC(=O)/C=C3\CCCOc4cc(C(F)(F)F)ccc43)c2c1. The summed E-state index contributed by atoms with van der Waals surface area (Å²) >= 11 is 0. The highest BCUT2D eigenvalue weighted by Crippen LogP contribution is 2.38. The van der Waals surface area contributed by atoms with Gasteiger partial charge in [-0.05, 0) is 54.1 Å². The summed E-state index contributed by atoms with van der Waals surface area (Å²) in [5.74, 6) is 0.446. The van der Waals surface area contributed by atoms with Crippen LogP contribution in [0.5, 0.6) is 11.5 Å². The van der Waals surface area contributed by atoms with E-state index in [4.69, 9.17) is 9.47 Å². The number of carbonyl (C=O) groups is 1. The van der Waals surface area contributed by atoms with Crippen LogP contribution in [0.3, 0.4) is 0 Å². The van der Waals surface area contributed by atoms with Crippen LogP contribution in [0.1, 0.15) is 24.0 Å². The Labute approximate surface area is 177 Å². The summed E-state index contributed by atoms with van der Waals surface area (Å²) in [6.45, 7) is 0.288. The van der Waals surface area contributed by atoms with Gasteiger partial charge < -0.3 is 14.8 Å². The Morgan fingerprint density at radius 2 is 1.97 bits per heavy atom. The van der Waals surface area contributed by atoms with E-state index in [1.54, 1.807) is 13.2 Å². The smallest absolute Gasteiger partial charge is 0.416 e. The minimum Gasteiger partial charge on any atom is -0.497 e. The number of allylic oxidation sites excluding steroid dienone is 1. The van der Waals surface area contributed by atoms with E-state index in [-0.39, 0.29) is 18.3 Å². The second kappa shape index (κ2) is 8.34. The molecule has 1 aliphatic heterocycles. The van der Waals surface area contributed by atoms with E-state index in [0.29, 0.717) is 35.4 Å². The predicted molar refractivity (Wildman–Crippen MR) is 113 cm³/mol. The summed E-state index contributed by atoms with van der Waals surface area (Å²) < 4.78 is 49.9. The molecule has 0 aromatic heterocycles. The lowest BCUT2D eigenvalue weighted by Crippen LogP contribution is -2.09. The summed E-state index contributed by atoms with van der Waals surface area (Å²) in [7, 11) is 1.57. The number of ether oxygens (including phenoxy) is 2. The average molecular weight is 427 g/mol. The van der Waals surface area contributed by atoms with Crippen molar-refractivity contribution in [3.63, 3.8) is 0 Å². The molecule has 31 heavy (non-hydrogen) atoms. The van der Waals surface area contributed by atoms with Gasteiger partial charge in [-0.1, -0.05) is 24.3 Å². The molecule has 0 atom stereocenters. The molecule has 1 amide bonds. The molecule has 0 aliphatic carbocycles. The van der Waals surface area contributed by atoms with Crippen molar-refractivity contribution >= 4 is 27.9 Å². The molecule has 0 saturated heterocycles. The van der Waals surface area contributed by atoms with Crippen LogP contribution in [0.25, 0.3) is 16.3 Å². The highest BCUT2D eigenvalue weighted by Gasteiger charge is 2.32. The third-order valence-electron chi connectivity index (χ3n) is 5.16. The molecule has 4 rings (SSSR count). The summed E-state index contributed by atoms with van der Waals surface area (Å²) in [6.07, 6.45) is -1.91. The normalized spacial score (nSPS) is 15.2.